The van der Waals surface area contributed by atoms with Crippen LogP contribution in [0.15, 0.2) is 4.99 Å². The van der Waals surface area contributed by atoms with E-state index in [1.807, 2.05) is 6.92 Å². The van der Waals surface area contributed by atoms with Crippen LogP contribution < -0.4 is 10.6 Å². The molecule has 2 rings (SSSR count). The first-order chi connectivity index (χ1) is 11.9. The van der Waals surface area contributed by atoms with Crippen LogP contribution in [0, 0.1) is 0 Å². The highest BCUT2D eigenvalue weighted by Crippen LogP contribution is 2.14. The summed E-state index contributed by atoms with van der Waals surface area (Å²) in [5.41, 5.74) is 0. The minimum absolute atomic E-state index is 0.0327. The van der Waals surface area contributed by atoms with Gasteiger partial charge in [0.2, 0.25) is 0 Å². The van der Waals surface area contributed by atoms with Gasteiger partial charge in [-0.2, -0.15) is 0 Å². The SMILES string of the molecule is CN=C(NCCc1nnc2n1CCCCC2)NC(C)CCS(C)(=O)=O. The molecule has 142 valence electrons. The Labute approximate surface area is 150 Å². The fourth-order valence-electron chi connectivity index (χ4n) is 2.91. The molecule has 0 amide bonds. The number of aryl methyl sites for hydroxylation is 1. The highest BCUT2D eigenvalue weighted by Gasteiger charge is 2.14. The van der Waals surface area contributed by atoms with Gasteiger partial charge >= 0.3 is 0 Å². The standard InChI is InChI=1S/C16H30N6O2S/c1-13(9-12-25(3,23)24)19-16(17-2)18-10-8-15-21-20-14-7-5-4-6-11-22(14)15/h13H,4-12H2,1-3H3,(H2,17,18,19). The van der Waals surface area contributed by atoms with Crippen molar-refractivity contribution in [2.45, 2.75) is 58.0 Å². The summed E-state index contributed by atoms with van der Waals surface area (Å²) in [5.74, 6) is 2.97. The van der Waals surface area contributed by atoms with E-state index in [0.717, 1.165) is 31.0 Å². The van der Waals surface area contributed by atoms with E-state index in [1.54, 1.807) is 7.05 Å². The van der Waals surface area contributed by atoms with Gasteiger partial charge in [-0.15, -0.1) is 10.2 Å². The lowest BCUT2D eigenvalue weighted by Gasteiger charge is -2.17. The molecular weight excluding hydrogens is 340 g/mol. The molecule has 1 aliphatic heterocycles. The third-order valence-corrected chi connectivity index (χ3v) is 5.33. The van der Waals surface area contributed by atoms with E-state index in [0.29, 0.717) is 18.9 Å². The van der Waals surface area contributed by atoms with E-state index in [1.165, 1.54) is 25.5 Å². The van der Waals surface area contributed by atoms with Gasteiger partial charge in [-0.05, 0) is 26.2 Å². The summed E-state index contributed by atoms with van der Waals surface area (Å²) in [5, 5.41) is 15.1. The first kappa shape index (κ1) is 19.7. The Kier molecular flexibility index (Phi) is 7.22. The second-order valence-corrected chi connectivity index (χ2v) is 8.97. The van der Waals surface area contributed by atoms with Crippen LogP contribution in [0.5, 0.6) is 0 Å². The summed E-state index contributed by atoms with van der Waals surface area (Å²) in [4.78, 5) is 4.20. The van der Waals surface area contributed by atoms with Crippen molar-refractivity contribution in [3.05, 3.63) is 11.6 Å². The van der Waals surface area contributed by atoms with Gasteiger partial charge in [0, 0.05) is 45.3 Å². The maximum atomic E-state index is 11.2. The van der Waals surface area contributed by atoms with Gasteiger partial charge in [-0.1, -0.05) is 6.42 Å². The van der Waals surface area contributed by atoms with Crippen molar-refractivity contribution in [1.82, 2.24) is 25.4 Å². The average Bonchev–Trinajstić information content (AvgIpc) is 2.78. The van der Waals surface area contributed by atoms with Gasteiger partial charge in [0.05, 0.1) is 5.75 Å². The molecule has 8 nitrogen and oxygen atoms in total. The molecular formula is C16H30N6O2S. The van der Waals surface area contributed by atoms with Crippen molar-refractivity contribution in [2.75, 3.05) is 25.6 Å². The Morgan fingerprint density at radius 3 is 2.84 bits per heavy atom. The lowest BCUT2D eigenvalue weighted by Crippen LogP contribution is -2.43. The lowest BCUT2D eigenvalue weighted by atomic mass is 10.2. The van der Waals surface area contributed by atoms with E-state index in [9.17, 15) is 8.42 Å². The molecule has 0 aliphatic carbocycles. The Morgan fingerprint density at radius 2 is 2.12 bits per heavy atom. The Morgan fingerprint density at radius 1 is 1.32 bits per heavy atom. The summed E-state index contributed by atoms with van der Waals surface area (Å²) >= 11 is 0. The number of rotatable bonds is 7. The smallest absolute Gasteiger partial charge is 0.191 e. The maximum absolute atomic E-state index is 11.2. The van der Waals surface area contributed by atoms with Crippen LogP contribution in [-0.2, 0) is 29.2 Å². The maximum Gasteiger partial charge on any atom is 0.191 e. The zero-order chi connectivity index (χ0) is 18.3. The number of nitrogens with one attached hydrogen (secondary N) is 2. The number of aliphatic imine (C=N–C) groups is 1. The summed E-state index contributed by atoms with van der Waals surface area (Å²) in [6, 6.07) is 0.0327. The number of hydrogen-bond donors (Lipinski definition) is 2. The molecule has 0 saturated carbocycles. The molecule has 0 radical (unpaired) electrons. The Bertz CT molecular complexity index is 683. The van der Waals surface area contributed by atoms with Gasteiger partial charge in [0.25, 0.3) is 0 Å². The largest absolute Gasteiger partial charge is 0.356 e. The normalized spacial score (nSPS) is 16.8. The third kappa shape index (κ3) is 6.64. The van der Waals surface area contributed by atoms with Crippen LogP contribution in [0.25, 0.3) is 0 Å². The Hall–Kier alpha value is -1.64. The zero-order valence-corrected chi connectivity index (χ0v) is 16.3. The van der Waals surface area contributed by atoms with E-state index >= 15 is 0 Å². The fourth-order valence-corrected chi connectivity index (χ4v) is 3.70. The number of guanidine groups is 1. The minimum Gasteiger partial charge on any atom is -0.356 e. The average molecular weight is 371 g/mol. The number of aromatic nitrogens is 3. The number of nitrogens with zero attached hydrogens (tertiary/aromatic N) is 4. The third-order valence-electron chi connectivity index (χ3n) is 4.36. The van der Waals surface area contributed by atoms with Gasteiger partial charge in [0.1, 0.15) is 21.5 Å². The first-order valence-corrected chi connectivity index (χ1v) is 11.0. The molecule has 1 unspecified atom stereocenters. The highest BCUT2D eigenvalue weighted by atomic mass is 32.2. The van der Waals surface area contributed by atoms with E-state index in [4.69, 9.17) is 0 Å². The van der Waals surface area contributed by atoms with Gasteiger partial charge in [-0.25, -0.2) is 8.42 Å². The number of hydrogen-bond acceptors (Lipinski definition) is 5. The molecule has 0 fully saturated rings. The van der Waals surface area contributed by atoms with Crippen LogP contribution in [0.3, 0.4) is 0 Å². The van der Waals surface area contributed by atoms with Gasteiger partial charge in [-0.3, -0.25) is 4.99 Å². The van der Waals surface area contributed by atoms with Gasteiger partial charge in [0.15, 0.2) is 5.96 Å². The fraction of sp³-hybridized carbons (Fsp3) is 0.812. The number of fused-ring (bicyclic) bond motifs is 1. The molecule has 9 heteroatoms. The van der Waals surface area contributed by atoms with Crippen molar-refractivity contribution in [2.24, 2.45) is 4.99 Å². The molecule has 25 heavy (non-hydrogen) atoms. The van der Waals surface area contributed by atoms with Crippen molar-refractivity contribution in [3.63, 3.8) is 0 Å². The molecule has 0 aromatic carbocycles. The second-order valence-electron chi connectivity index (χ2n) is 6.71. The molecule has 1 aromatic heterocycles. The molecule has 1 aromatic rings. The highest BCUT2D eigenvalue weighted by molar-refractivity contribution is 7.90. The topological polar surface area (TPSA) is 101 Å². The van der Waals surface area contributed by atoms with Crippen LogP contribution in [-0.4, -0.2) is 60.8 Å². The molecule has 0 spiro atoms. The number of sulfone groups is 1. The van der Waals surface area contributed by atoms with Gasteiger partial charge < -0.3 is 15.2 Å². The van der Waals surface area contributed by atoms with Crippen LogP contribution >= 0.6 is 0 Å². The van der Waals surface area contributed by atoms with Crippen LogP contribution in [0.1, 0.15) is 44.3 Å². The van der Waals surface area contributed by atoms with Crippen molar-refractivity contribution in [3.8, 4) is 0 Å². The minimum atomic E-state index is -2.94. The molecule has 1 atom stereocenters. The monoisotopic (exact) mass is 370 g/mol. The van der Waals surface area contributed by atoms with E-state index in [-0.39, 0.29) is 11.8 Å². The quantitative estimate of drug-likeness (QED) is 0.536. The lowest BCUT2D eigenvalue weighted by molar-refractivity contribution is 0.579. The summed E-state index contributed by atoms with van der Waals surface area (Å²) in [6.07, 6.45) is 7.24. The predicted octanol–water partition coefficient (Wildman–Crippen LogP) is 0.535. The summed E-state index contributed by atoms with van der Waals surface area (Å²) in [6.45, 7) is 3.67. The molecule has 2 N–H and O–H groups in total. The van der Waals surface area contributed by atoms with Crippen LogP contribution in [0.2, 0.25) is 0 Å². The van der Waals surface area contributed by atoms with E-state index < -0.39 is 9.84 Å². The molecule has 0 saturated heterocycles. The molecule has 1 aliphatic rings. The zero-order valence-electron chi connectivity index (χ0n) is 15.5. The van der Waals surface area contributed by atoms with E-state index in [2.05, 4.69) is 30.4 Å². The predicted molar refractivity (Wildman–Crippen MR) is 99.6 cm³/mol. The van der Waals surface area contributed by atoms with Crippen molar-refractivity contribution >= 4 is 15.8 Å². The van der Waals surface area contributed by atoms with Crippen molar-refractivity contribution in [1.29, 1.82) is 0 Å². The summed E-state index contributed by atoms with van der Waals surface area (Å²) in [7, 11) is -1.23. The first-order valence-electron chi connectivity index (χ1n) is 8.95. The second kappa shape index (κ2) is 9.17. The van der Waals surface area contributed by atoms with Crippen LogP contribution in [0.4, 0.5) is 0 Å². The van der Waals surface area contributed by atoms with Crippen molar-refractivity contribution < 1.29 is 8.42 Å². The summed E-state index contributed by atoms with van der Waals surface area (Å²) < 4.78 is 24.7. The Balaban J connectivity index is 1.79. The molecule has 2 heterocycles. The molecule has 0 bridgehead atoms.